The zero-order valence-electron chi connectivity index (χ0n) is 9.53. The maximum atomic E-state index is 11.4. The molecular formula is C10H21NO3S. The number of rotatable bonds is 6. The van der Waals surface area contributed by atoms with Crippen LogP contribution in [0.25, 0.3) is 0 Å². The molecule has 1 aliphatic heterocycles. The van der Waals surface area contributed by atoms with E-state index in [0.29, 0.717) is 19.3 Å². The van der Waals surface area contributed by atoms with Crippen LogP contribution in [-0.2, 0) is 14.6 Å². The Balaban J connectivity index is 2.11. The highest BCUT2D eigenvalue weighted by Gasteiger charge is 2.17. The Bertz CT molecular complexity index is 268. The molecule has 0 spiro atoms. The predicted molar refractivity (Wildman–Crippen MR) is 60.8 cm³/mol. The van der Waals surface area contributed by atoms with Crippen LogP contribution >= 0.6 is 0 Å². The Morgan fingerprint density at radius 3 is 2.73 bits per heavy atom. The van der Waals surface area contributed by atoms with Gasteiger partial charge in [-0.25, -0.2) is 8.42 Å². The Hall–Kier alpha value is -0.130. The van der Waals surface area contributed by atoms with Crippen molar-refractivity contribution in [1.82, 2.24) is 5.32 Å². The summed E-state index contributed by atoms with van der Waals surface area (Å²) >= 11 is 0. The first-order valence-corrected chi connectivity index (χ1v) is 7.26. The van der Waals surface area contributed by atoms with Gasteiger partial charge in [-0.15, -0.1) is 0 Å². The van der Waals surface area contributed by atoms with Crippen molar-refractivity contribution in [3.8, 4) is 0 Å². The number of sulfone groups is 1. The maximum Gasteiger partial charge on any atom is 0.154 e. The second kappa shape index (κ2) is 5.82. The summed E-state index contributed by atoms with van der Waals surface area (Å²) in [6.45, 7) is 5.41. The van der Waals surface area contributed by atoms with Gasteiger partial charge >= 0.3 is 0 Å². The molecule has 0 bridgehead atoms. The number of ether oxygens (including phenoxy) is 1. The van der Waals surface area contributed by atoms with Gasteiger partial charge in [-0.05, 0) is 33.2 Å². The molecule has 1 atom stereocenters. The van der Waals surface area contributed by atoms with E-state index in [2.05, 4.69) is 5.32 Å². The fourth-order valence-electron chi connectivity index (χ4n) is 1.54. The lowest BCUT2D eigenvalue weighted by Gasteiger charge is -2.11. The molecule has 1 rings (SSSR count). The van der Waals surface area contributed by atoms with E-state index in [4.69, 9.17) is 4.74 Å². The van der Waals surface area contributed by atoms with E-state index in [1.807, 2.05) is 0 Å². The molecule has 0 aromatic rings. The van der Waals surface area contributed by atoms with E-state index in [1.54, 1.807) is 13.8 Å². The topological polar surface area (TPSA) is 55.4 Å². The average molecular weight is 235 g/mol. The molecule has 0 radical (unpaired) electrons. The zero-order valence-corrected chi connectivity index (χ0v) is 10.3. The molecule has 0 aromatic carbocycles. The highest BCUT2D eigenvalue weighted by molar-refractivity contribution is 7.91. The first-order valence-electron chi connectivity index (χ1n) is 5.55. The van der Waals surface area contributed by atoms with Gasteiger partial charge in [0.1, 0.15) is 0 Å². The van der Waals surface area contributed by atoms with E-state index in [1.165, 1.54) is 6.42 Å². The number of hydrogen-bond donors (Lipinski definition) is 1. The van der Waals surface area contributed by atoms with Crippen LogP contribution in [0.1, 0.15) is 26.7 Å². The summed E-state index contributed by atoms with van der Waals surface area (Å²) in [5.74, 6) is 0.136. The summed E-state index contributed by atoms with van der Waals surface area (Å²) in [7, 11) is -2.94. The van der Waals surface area contributed by atoms with Crippen LogP contribution < -0.4 is 5.32 Å². The second-order valence-corrected chi connectivity index (χ2v) is 6.96. The largest absolute Gasteiger partial charge is 0.379 e. The molecule has 1 aliphatic rings. The summed E-state index contributed by atoms with van der Waals surface area (Å²) in [4.78, 5) is 0. The van der Waals surface area contributed by atoms with Crippen LogP contribution in [0.5, 0.6) is 0 Å². The van der Waals surface area contributed by atoms with Gasteiger partial charge in [0.2, 0.25) is 0 Å². The van der Waals surface area contributed by atoms with Crippen LogP contribution in [0.2, 0.25) is 0 Å². The smallest absolute Gasteiger partial charge is 0.154 e. The van der Waals surface area contributed by atoms with Gasteiger partial charge in [-0.2, -0.15) is 0 Å². The molecule has 5 heteroatoms. The molecule has 1 heterocycles. The molecule has 15 heavy (non-hydrogen) atoms. The van der Waals surface area contributed by atoms with Crippen molar-refractivity contribution in [1.29, 1.82) is 0 Å². The first kappa shape index (κ1) is 12.9. The lowest BCUT2D eigenvalue weighted by atomic mass is 10.2. The van der Waals surface area contributed by atoms with Crippen molar-refractivity contribution in [3.63, 3.8) is 0 Å². The molecular weight excluding hydrogens is 214 g/mol. The van der Waals surface area contributed by atoms with Crippen molar-refractivity contribution in [3.05, 3.63) is 0 Å². The predicted octanol–water partition coefficient (Wildman–Crippen LogP) is 0.578. The number of nitrogens with one attached hydrogen (secondary N) is 1. The Morgan fingerprint density at radius 2 is 2.20 bits per heavy atom. The Morgan fingerprint density at radius 1 is 1.47 bits per heavy atom. The van der Waals surface area contributed by atoms with Crippen molar-refractivity contribution in [2.75, 3.05) is 25.5 Å². The minimum Gasteiger partial charge on any atom is -0.379 e. The van der Waals surface area contributed by atoms with Crippen LogP contribution in [0.4, 0.5) is 0 Å². The monoisotopic (exact) mass is 235 g/mol. The van der Waals surface area contributed by atoms with Crippen molar-refractivity contribution < 1.29 is 13.2 Å². The summed E-state index contributed by atoms with van der Waals surface area (Å²) in [6.07, 6.45) is 2.33. The summed E-state index contributed by atoms with van der Waals surface area (Å²) in [5.41, 5.74) is 0. The van der Waals surface area contributed by atoms with Crippen LogP contribution in [-0.4, -0.2) is 45.2 Å². The molecule has 1 fully saturated rings. The van der Waals surface area contributed by atoms with Gasteiger partial charge in [0, 0.05) is 6.04 Å². The molecule has 1 N–H and O–H groups in total. The van der Waals surface area contributed by atoms with Gasteiger partial charge in [0.15, 0.2) is 9.84 Å². The molecule has 0 amide bonds. The minimum atomic E-state index is -2.94. The van der Waals surface area contributed by atoms with Gasteiger partial charge in [0.05, 0.1) is 24.2 Å². The third-order valence-corrected chi connectivity index (χ3v) is 4.88. The van der Waals surface area contributed by atoms with Crippen LogP contribution in [0.3, 0.4) is 0 Å². The molecule has 90 valence electrons. The van der Waals surface area contributed by atoms with E-state index < -0.39 is 9.84 Å². The van der Waals surface area contributed by atoms with Gasteiger partial charge in [0.25, 0.3) is 0 Å². The molecule has 1 unspecified atom stereocenters. The van der Waals surface area contributed by atoms with Crippen LogP contribution in [0.15, 0.2) is 0 Å². The molecule has 0 saturated carbocycles. The fraction of sp³-hybridized carbons (Fsp3) is 1.00. The summed E-state index contributed by atoms with van der Waals surface area (Å²) in [6, 6.07) is 0.423. The normalized spacial score (nSPS) is 22.5. The lowest BCUT2D eigenvalue weighted by molar-refractivity contribution is 0.129. The Kier molecular flexibility index (Phi) is 5.02. The van der Waals surface area contributed by atoms with Crippen molar-refractivity contribution in [2.24, 2.45) is 0 Å². The average Bonchev–Trinajstić information content (AvgIpc) is 2.64. The van der Waals surface area contributed by atoms with Crippen molar-refractivity contribution in [2.45, 2.75) is 38.0 Å². The molecule has 1 saturated heterocycles. The first-order chi connectivity index (χ1) is 7.02. The highest BCUT2D eigenvalue weighted by atomic mass is 32.2. The molecule has 0 aliphatic carbocycles. The van der Waals surface area contributed by atoms with E-state index >= 15 is 0 Å². The van der Waals surface area contributed by atoms with Crippen LogP contribution in [0, 0.1) is 0 Å². The lowest BCUT2D eigenvalue weighted by Crippen LogP contribution is -2.28. The molecule has 0 aromatic heterocycles. The highest BCUT2D eigenvalue weighted by Crippen LogP contribution is 2.05. The number of hydrogen-bond acceptors (Lipinski definition) is 4. The molecule has 4 nitrogen and oxygen atoms in total. The Labute approximate surface area is 92.3 Å². The quantitative estimate of drug-likeness (QED) is 0.684. The van der Waals surface area contributed by atoms with E-state index in [0.717, 1.165) is 13.0 Å². The van der Waals surface area contributed by atoms with Gasteiger partial charge < -0.3 is 10.1 Å². The van der Waals surface area contributed by atoms with Crippen molar-refractivity contribution >= 4 is 9.84 Å². The van der Waals surface area contributed by atoms with Gasteiger partial charge in [-0.3, -0.25) is 0 Å². The van der Waals surface area contributed by atoms with E-state index in [9.17, 15) is 8.42 Å². The third-order valence-electron chi connectivity index (χ3n) is 2.71. The third kappa shape index (κ3) is 4.49. The SMILES string of the molecule is CC(C)S(=O)(=O)CCOCC1CCCN1. The van der Waals surface area contributed by atoms with E-state index in [-0.39, 0.29) is 11.0 Å². The summed E-state index contributed by atoms with van der Waals surface area (Å²) in [5, 5.41) is 3.00. The fourth-order valence-corrected chi connectivity index (χ4v) is 2.36. The van der Waals surface area contributed by atoms with Gasteiger partial charge in [-0.1, -0.05) is 0 Å². The minimum absolute atomic E-state index is 0.136. The standard InChI is InChI=1S/C10H21NO3S/c1-9(2)15(12,13)7-6-14-8-10-4-3-5-11-10/h9-11H,3-8H2,1-2H3. The summed E-state index contributed by atoms with van der Waals surface area (Å²) < 4.78 is 28.2. The zero-order chi connectivity index (χ0) is 11.3. The second-order valence-electron chi connectivity index (χ2n) is 4.28. The maximum absolute atomic E-state index is 11.4.